The summed E-state index contributed by atoms with van der Waals surface area (Å²) in [7, 11) is 0. The molecule has 1 aromatic heterocycles. The van der Waals surface area contributed by atoms with Crippen LogP contribution in [0.2, 0.25) is 5.02 Å². The van der Waals surface area contributed by atoms with Crippen LogP contribution >= 0.6 is 11.6 Å². The summed E-state index contributed by atoms with van der Waals surface area (Å²) in [4.78, 5) is 30.5. The van der Waals surface area contributed by atoms with Gasteiger partial charge in [0.2, 0.25) is 0 Å². The Balaban J connectivity index is 1.99. The lowest BCUT2D eigenvalue weighted by atomic mass is 10.1. The van der Waals surface area contributed by atoms with Crippen molar-refractivity contribution in [2.24, 2.45) is 0 Å². The molecule has 1 aromatic rings. The van der Waals surface area contributed by atoms with E-state index >= 15 is 0 Å². The molecule has 0 radical (unpaired) electrons. The van der Waals surface area contributed by atoms with E-state index < -0.39 is 24.1 Å². The molecule has 0 bridgehead atoms. The number of urea groups is 1. The van der Waals surface area contributed by atoms with Gasteiger partial charge in [0.15, 0.2) is 5.69 Å². The van der Waals surface area contributed by atoms with Gasteiger partial charge < -0.3 is 10.0 Å². The van der Waals surface area contributed by atoms with Crippen LogP contribution in [0.15, 0.2) is 12.3 Å². The number of aromatic nitrogens is 1. The molecule has 2 fully saturated rings. The lowest BCUT2D eigenvalue weighted by molar-refractivity contribution is -0.121. The van der Waals surface area contributed by atoms with Crippen LogP contribution in [0.3, 0.4) is 0 Å². The number of halogens is 1. The van der Waals surface area contributed by atoms with Crippen molar-refractivity contribution in [2.45, 2.75) is 18.6 Å². The summed E-state index contributed by atoms with van der Waals surface area (Å²) in [6, 6.07) is 1.81. The minimum atomic E-state index is -0.849. The molecule has 0 aliphatic carbocycles. The molecular formula is C12H9ClN4O3. The average molecular weight is 293 g/mol. The molecule has 1 unspecified atom stereocenters. The van der Waals surface area contributed by atoms with E-state index in [9.17, 15) is 14.7 Å². The fourth-order valence-electron chi connectivity index (χ4n) is 2.51. The van der Waals surface area contributed by atoms with E-state index in [0.29, 0.717) is 13.0 Å². The van der Waals surface area contributed by atoms with E-state index in [1.807, 2.05) is 0 Å². The fraction of sp³-hybridized carbons (Fsp3) is 0.333. The quantitative estimate of drug-likeness (QED) is 0.761. The standard InChI is InChI=1S/C12H9ClN4O3/c13-7-3-6(5-15-8(7)4-14)17-11(19)10-9(18)1-2-16(10)12(17)20/h3,5,9-10,18H,1-2H2/t9?,10-/m0/s1. The number of carbonyl (C=O) groups is 2. The number of amides is 3. The summed E-state index contributed by atoms with van der Waals surface area (Å²) >= 11 is 5.86. The van der Waals surface area contributed by atoms with E-state index in [2.05, 4.69) is 4.98 Å². The van der Waals surface area contributed by atoms with Crippen LogP contribution < -0.4 is 4.90 Å². The van der Waals surface area contributed by atoms with Gasteiger partial charge in [-0.25, -0.2) is 14.7 Å². The van der Waals surface area contributed by atoms with Gasteiger partial charge >= 0.3 is 6.03 Å². The molecule has 20 heavy (non-hydrogen) atoms. The SMILES string of the molecule is N#Cc1ncc(N2C(=O)[C@@H]3C(O)CCN3C2=O)cc1Cl. The lowest BCUT2D eigenvalue weighted by Crippen LogP contribution is -2.36. The number of hydrogen-bond donors (Lipinski definition) is 1. The number of nitriles is 1. The maximum Gasteiger partial charge on any atom is 0.332 e. The minimum Gasteiger partial charge on any atom is -0.390 e. The first-order valence-corrected chi connectivity index (χ1v) is 6.30. The van der Waals surface area contributed by atoms with Crippen LogP contribution in [-0.4, -0.2) is 45.6 Å². The Labute approximate surface area is 119 Å². The summed E-state index contributed by atoms with van der Waals surface area (Å²) < 4.78 is 0. The molecule has 2 aliphatic rings. The fourth-order valence-corrected chi connectivity index (χ4v) is 2.72. The number of hydrogen-bond acceptors (Lipinski definition) is 5. The van der Waals surface area contributed by atoms with Crippen LogP contribution in [-0.2, 0) is 4.79 Å². The predicted octanol–water partition coefficient (Wildman–Crippen LogP) is 0.508. The second kappa shape index (κ2) is 4.44. The summed E-state index contributed by atoms with van der Waals surface area (Å²) in [6.45, 7) is 0.338. The third-order valence-corrected chi connectivity index (χ3v) is 3.76. The Kier molecular flexibility index (Phi) is 2.85. The van der Waals surface area contributed by atoms with Crippen molar-refractivity contribution in [1.82, 2.24) is 9.88 Å². The van der Waals surface area contributed by atoms with Gasteiger partial charge in [-0.05, 0) is 12.5 Å². The van der Waals surface area contributed by atoms with Gasteiger partial charge in [-0.15, -0.1) is 0 Å². The number of fused-ring (bicyclic) bond motifs is 1. The summed E-state index contributed by atoms with van der Waals surface area (Å²) in [5.74, 6) is -0.498. The summed E-state index contributed by atoms with van der Waals surface area (Å²) in [5, 5.41) is 18.6. The number of carbonyl (C=O) groups excluding carboxylic acids is 2. The highest BCUT2D eigenvalue weighted by molar-refractivity contribution is 6.32. The number of anilines is 1. The first-order valence-electron chi connectivity index (χ1n) is 5.93. The largest absolute Gasteiger partial charge is 0.390 e. The van der Waals surface area contributed by atoms with Crippen LogP contribution in [0.25, 0.3) is 0 Å². The maximum absolute atomic E-state index is 12.2. The Hall–Kier alpha value is -2.17. The molecule has 102 valence electrons. The van der Waals surface area contributed by atoms with Crippen LogP contribution in [0.4, 0.5) is 10.5 Å². The Morgan fingerprint density at radius 3 is 2.85 bits per heavy atom. The van der Waals surface area contributed by atoms with E-state index in [1.54, 1.807) is 6.07 Å². The van der Waals surface area contributed by atoms with Gasteiger partial charge in [-0.2, -0.15) is 5.26 Å². The zero-order valence-electron chi connectivity index (χ0n) is 10.2. The highest BCUT2D eigenvalue weighted by Crippen LogP contribution is 2.32. The Morgan fingerprint density at radius 1 is 1.50 bits per heavy atom. The number of pyridine rings is 1. The van der Waals surface area contributed by atoms with Crippen molar-refractivity contribution < 1.29 is 14.7 Å². The normalized spacial score (nSPS) is 25.1. The number of aliphatic hydroxyl groups is 1. The second-order valence-corrected chi connectivity index (χ2v) is 4.99. The zero-order valence-corrected chi connectivity index (χ0v) is 10.9. The maximum atomic E-state index is 12.2. The topological polar surface area (TPSA) is 97.5 Å². The molecule has 2 aliphatic heterocycles. The van der Waals surface area contributed by atoms with Gasteiger partial charge in [-0.3, -0.25) is 4.79 Å². The number of aliphatic hydroxyl groups excluding tert-OH is 1. The summed E-state index contributed by atoms with van der Waals surface area (Å²) in [6.07, 6.45) is 0.787. The van der Waals surface area contributed by atoms with Gasteiger partial charge in [-0.1, -0.05) is 11.6 Å². The van der Waals surface area contributed by atoms with E-state index in [1.165, 1.54) is 17.2 Å². The monoisotopic (exact) mass is 292 g/mol. The first-order chi connectivity index (χ1) is 9.54. The Bertz CT molecular complexity index is 657. The molecule has 7 nitrogen and oxygen atoms in total. The van der Waals surface area contributed by atoms with Crippen LogP contribution in [0, 0.1) is 11.3 Å². The number of nitrogens with zero attached hydrogens (tertiary/aromatic N) is 4. The van der Waals surface area contributed by atoms with Gasteiger partial charge in [0.05, 0.1) is 23.0 Å². The van der Waals surface area contributed by atoms with Gasteiger partial charge in [0.1, 0.15) is 12.1 Å². The molecule has 2 saturated heterocycles. The molecule has 0 spiro atoms. The summed E-state index contributed by atoms with van der Waals surface area (Å²) in [5.41, 5.74) is 0.223. The van der Waals surface area contributed by atoms with Crippen molar-refractivity contribution in [3.8, 4) is 6.07 Å². The third kappa shape index (κ3) is 1.66. The molecule has 0 saturated carbocycles. The first kappa shape index (κ1) is 12.8. The van der Waals surface area contributed by atoms with Gasteiger partial charge in [0.25, 0.3) is 5.91 Å². The van der Waals surface area contributed by atoms with Crippen LogP contribution in [0.1, 0.15) is 12.1 Å². The molecular weight excluding hydrogens is 284 g/mol. The minimum absolute atomic E-state index is 0.0232. The smallest absolute Gasteiger partial charge is 0.332 e. The molecule has 1 N–H and O–H groups in total. The predicted molar refractivity (Wildman–Crippen MR) is 68.0 cm³/mol. The van der Waals surface area contributed by atoms with Gasteiger partial charge in [0, 0.05) is 6.54 Å². The molecule has 2 atom stereocenters. The highest BCUT2D eigenvalue weighted by atomic mass is 35.5. The lowest BCUT2D eigenvalue weighted by Gasteiger charge is -2.15. The van der Waals surface area contributed by atoms with E-state index in [0.717, 1.165) is 4.90 Å². The molecule has 3 rings (SSSR count). The third-order valence-electron chi connectivity index (χ3n) is 3.47. The van der Waals surface area contributed by atoms with Crippen molar-refractivity contribution in [3.63, 3.8) is 0 Å². The van der Waals surface area contributed by atoms with Crippen molar-refractivity contribution in [3.05, 3.63) is 23.0 Å². The van der Waals surface area contributed by atoms with Crippen LogP contribution in [0.5, 0.6) is 0 Å². The van der Waals surface area contributed by atoms with E-state index in [4.69, 9.17) is 16.9 Å². The molecule has 8 heteroatoms. The van der Waals surface area contributed by atoms with E-state index in [-0.39, 0.29) is 16.4 Å². The second-order valence-electron chi connectivity index (χ2n) is 4.59. The zero-order chi connectivity index (χ0) is 14.4. The molecule has 3 amide bonds. The number of imide groups is 1. The highest BCUT2D eigenvalue weighted by Gasteiger charge is 2.52. The molecule has 0 aromatic carbocycles. The number of rotatable bonds is 1. The molecule has 3 heterocycles. The Morgan fingerprint density at radius 2 is 2.25 bits per heavy atom. The average Bonchev–Trinajstić information content (AvgIpc) is 2.91. The van der Waals surface area contributed by atoms with Crippen molar-refractivity contribution in [2.75, 3.05) is 11.4 Å². The van der Waals surface area contributed by atoms with Crippen molar-refractivity contribution in [1.29, 1.82) is 5.26 Å². The van der Waals surface area contributed by atoms with Crippen molar-refractivity contribution >= 4 is 29.2 Å².